The van der Waals surface area contributed by atoms with Crippen molar-refractivity contribution in [3.63, 3.8) is 0 Å². The van der Waals surface area contributed by atoms with Gasteiger partial charge in [-0.2, -0.15) is 0 Å². The Kier molecular flexibility index (Phi) is 5.91. The van der Waals surface area contributed by atoms with Crippen LogP contribution in [0.2, 0.25) is 0 Å². The molecule has 1 aliphatic heterocycles. The van der Waals surface area contributed by atoms with Gasteiger partial charge in [0.15, 0.2) is 0 Å². The van der Waals surface area contributed by atoms with E-state index in [0.717, 1.165) is 52.5 Å². The molecule has 2 aromatic rings. The molecule has 0 radical (unpaired) electrons. The molecule has 3 N–H and O–H groups in total. The largest absolute Gasteiger partial charge is 0.494 e. The molecule has 35 heavy (non-hydrogen) atoms. The van der Waals surface area contributed by atoms with E-state index in [-0.39, 0.29) is 17.4 Å². The SMILES string of the molecule is O=C1CCc2cc(OCCCC(=O)Nc3ccccc3NC34CC5CC(CC(C5)C3)C4)ccc2N1. The Morgan fingerprint density at radius 1 is 0.971 bits per heavy atom. The molecule has 0 unspecified atom stereocenters. The smallest absolute Gasteiger partial charge is 0.224 e. The van der Waals surface area contributed by atoms with E-state index < -0.39 is 0 Å². The van der Waals surface area contributed by atoms with Crippen molar-refractivity contribution in [3.8, 4) is 5.75 Å². The van der Waals surface area contributed by atoms with Gasteiger partial charge >= 0.3 is 0 Å². The second-order valence-corrected chi connectivity index (χ2v) is 11.2. The van der Waals surface area contributed by atoms with Gasteiger partial charge in [-0.05, 0) is 105 Å². The van der Waals surface area contributed by atoms with Crippen molar-refractivity contribution in [1.29, 1.82) is 0 Å². The highest BCUT2D eigenvalue weighted by Gasteiger charge is 2.51. The number of aryl methyl sites for hydroxylation is 1. The van der Waals surface area contributed by atoms with Crippen LogP contribution in [0.4, 0.5) is 17.1 Å². The van der Waals surface area contributed by atoms with Crippen LogP contribution in [0.3, 0.4) is 0 Å². The summed E-state index contributed by atoms with van der Waals surface area (Å²) in [5.74, 6) is 3.50. The van der Waals surface area contributed by atoms with E-state index in [9.17, 15) is 9.59 Å². The van der Waals surface area contributed by atoms with Gasteiger partial charge in [0.25, 0.3) is 0 Å². The first kappa shape index (κ1) is 22.4. The van der Waals surface area contributed by atoms with Gasteiger partial charge in [0.2, 0.25) is 11.8 Å². The molecule has 4 saturated carbocycles. The standard InChI is InChI=1S/C29H35N3O3/c33-27(6-3-11-35-23-8-9-24-22(15-23)7-10-28(34)30-24)31-25-4-1-2-5-26(25)32-29-16-19-12-20(17-29)14-21(13-19)18-29/h1-2,4-5,8-9,15,19-21,32H,3,6-7,10-14,16-18H2,(H,30,34)(H,31,33). The average Bonchev–Trinajstić information content (AvgIpc) is 2.82. The summed E-state index contributed by atoms with van der Waals surface area (Å²) in [5.41, 5.74) is 4.11. The van der Waals surface area contributed by atoms with Crippen LogP contribution in [-0.2, 0) is 16.0 Å². The summed E-state index contributed by atoms with van der Waals surface area (Å²) in [5, 5.41) is 9.94. The summed E-state index contributed by atoms with van der Waals surface area (Å²) in [4.78, 5) is 24.2. The molecule has 4 bridgehead atoms. The number of fused-ring (bicyclic) bond motifs is 1. The summed E-state index contributed by atoms with van der Waals surface area (Å²) in [7, 11) is 0. The van der Waals surface area contributed by atoms with Crippen LogP contribution in [-0.4, -0.2) is 24.0 Å². The second-order valence-electron chi connectivity index (χ2n) is 11.2. The van der Waals surface area contributed by atoms with Gasteiger partial charge in [0.1, 0.15) is 5.75 Å². The first-order valence-corrected chi connectivity index (χ1v) is 13.3. The number of hydrogen-bond acceptors (Lipinski definition) is 4. The molecular formula is C29H35N3O3. The zero-order chi connectivity index (χ0) is 23.8. The maximum absolute atomic E-state index is 12.7. The van der Waals surface area contributed by atoms with E-state index in [2.05, 4.69) is 28.1 Å². The Labute approximate surface area is 207 Å². The van der Waals surface area contributed by atoms with Crippen LogP contribution in [0.1, 0.15) is 63.4 Å². The monoisotopic (exact) mass is 473 g/mol. The molecule has 5 aliphatic rings. The number of nitrogens with one attached hydrogen (secondary N) is 3. The summed E-state index contributed by atoms with van der Waals surface area (Å²) >= 11 is 0. The van der Waals surface area contributed by atoms with E-state index in [1.807, 2.05) is 30.3 Å². The molecule has 6 nitrogen and oxygen atoms in total. The van der Waals surface area contributed by atoms with Crippen LogP contribution >= 0.6 is 0 Å². The van der Waals surface area contributed by atoms with Crippen molar-refractivity contribution in [1.82, 2.24) is 0 Å². The minimum atomic E-state index is 0.0153. The number of carbonyl (C=O) groups excluding carboxylic acids is 2. The Morgan fingerprint density at radius 3 is 2.43 bits per heavy atom. The highest BCUT2D eigenvalue weighted by atomic mass is 16.5. The van der Waals surface area contributed by atoms with Crippen molar-refractivity contribution in [2.75, 3.05) is 22.6 Å². The fraction of sp³-hybridized carbons (Fsp3) is 0.517. The third-order valence-electron chi connectivity index (χ3n) is 8.43. The maximum Gasteiger partial charge on any atom is 0.224 e. The van der Waals surface area contributed by atoms with Crippen LogP contribution in [0.15, 0.2) is 42.5 Å². The van der Waals surface area contributed by atoms with Crippen LogP contribution in [0.25, 0.3) is 0 Å². The van der Waals surface area contributed by atoms with Gasteiger partial charge < -0.3 is 20.7 Å². The van der Waals surface area contributed by atoms with Crippen molar-refractivity contribution >= 4 is 28.9 Å². The lowest BCUT2D eigenvalue weighted by atomic mass is 9.53. The highest BCUT2D eigenvalue weighted by molar-refractivity contribution is 5.94. The number of amides is 2. The van der Waals surface area contributed by atoms with Gasteiger partial charge in [-0.3, -0.25) is 9.59 Å². The number of para-hydroxylation sites is 2. The predicted octanol–water partition coefficient (Wildman–Crippen LogP) is 5.75. The van der Waals surface area contributed by atoms with Gasteiger partial charge in [-0.25, -0.2) is 0 Å². The lowest BCUT2D eigenvalue weighted by molar-refractivity contribution is -0.117. The third kappa shape index (κ3) is 4.89. The molecule has 4 fully saturated rings. The molecule has 0 atom stereocenters. The number of carbonyl (C=O) groups is 2. The van der Waals surface area contributed by atoms with E-state index in [4.69, 9.17) is 4.74 Å². The molecule has 1 heterocycles. The molecule has 7 rings (SSSR count). The van der Waals surface area contributed by atoms with Gasteiger partial charge in [-0.15, -0.1) is 0 Å². The summed E-state index contributed by atoms with van der Waals surface area (Å²) in [6, 6.07) is 13.9. The van der Waals surface area contributed by atoms with Crippen LogP contribution in [0, 0.1) is 17.8 Å². The Morgan fingerprint density at radius 2 is 1.69 bits per heavy atom. The Bertz CT molecular complexity index is 1090. The first-order valence-electron chi connectivity index (χ1n) is 13.3. The minimum Gasteiger partial charge on any atom is -0.494 e. The van der Waals surface area contributed by atoms with Gasteiger partial charge in [0.05, 0.1) is 18.0 Å². The van der Waals surface area contributed by atoms with E-state index in [0.29, 0.717) is 25.9 Å². The number of rotatable bonds is 8. The fourth-order valence-corrected chi connectivity index (χ4v) is 7.34. The van der Waals surface area contributed by atoms with Crippen molar-refractivity contribution in [2.45, 2.75) is 69.7 Å². The van der Waals surface area contributed by atoms with Crippen LogP contribution < -0.4 is 20.7 Å². The first-order chi connectivity index (χ1) is 17.0. The molecule has 184 valence electrons. The second kappa shape index (κ2) is 9.21. The minimum absolute atomic E-state index is 0.0153. The zero-order valence-corrected chi connectivity index (χ0v) is 20.3. The van der Waals surface area contributed by atoms with E-state index >= 15 is 0 Å². The van der Waals surface area contributed by atoms with Crippen molar-refractivity contribution < 1.29 is 14.3 Å². The van der Waals surface area contributed by atoms with E-state index in [1.165, 1.54) is 38.5 Å². The summed E-state index contributed by atoms with van der Waals surface area (Å²) in [6.45, 7) is 0.478. The number of hydrogen-bond donors (Lipinski definition) is 3. The number of benzene rings is 2. The quantitative estimate of drug-likeness (QED) is 0.427. The average molecular weight is 474 g/mol. The van der Waals surface area contributed by atoms with Crippen molar-refractivity contribution in [2.24, 2.45) is 17.8 Å². The molecule has 0 saturated heterocycles. The van der Waals surface area contributed by atoms with Gasteiger partial charge in [0, 0.05) is 24.1 Å². The molecule has 0 aromatic heterocycles. The maximum atomic E-state index is 12.7. The fourth-order valence-electron chi connectivity index (χ4n) is 7.34. The highest BCUT2D eigenvalue weighted by Crippen LogP contribution is 2.56. The molecule has 2 aromatic carbocycles. The molecule has 2 amide bonds. The molecule has 6 heteroatoms. The molecule has 4 aliphatic carbocycles. The summed E-state index contributed by atoms with van der Waals surface area (Å²) in [6.07, 6.45) is 10.4. The lowest BCUT2D eigenvalue weighted by Gasteiger charge is -2.57. The predicted molar refractivity (Wildman–Crippen MR) is 138 cm³/mol. The Hall–Kier alpha value is -3.02. The van der Waals surface area contributed by atoms with Crippen molar-refractivity contribution in [3.05, 3.63) is 48.0 Å². The Balaban J connectivity index is 1.01. The summed E-state index contributed by atoms with van der Waals surface area (Å²) < 4.78 is 5.88. The number of ether oxygens (including phenoxy) is 1. The topological polar surface area (TPSA) is 79.5 Å². The number of anilines is 3. The van der Waals surface area contributed by atoms with Gasteiger partial charge in [-0.1, -0.05) is 12.1 Å². The van der Waals surface area contributed by atoms with E-state index in [1.54, 1.807) is 0 Å². The molecular weight excluding hydrogens is 438 g/mol. The van der Waals surface area contributed by atoms with Crippen LogP contribution in [0.5, 0.6) is 5.75 Å². The molecule has 0 spiro atoms. The normalized spacial score (nSPS) is 28.2. The lowest BCUT2D eigenvalue weighted by Crippen LogP contribution is -2.54. The zero-order valence-electron chi connectivity index (χ0n) is 20.3. The third-order valence-corrected chi connectivity index (χ3v) is 8.43.